The van der Waals surface area contributed by atoms with Gasteiger partial charge in [-0.05, 0) is 85.7 Å². The third kappa shape index (κ3) is 14.1. The van der Waals surface area contributed by atoms with Crippen LogP contribution in [0, 0.1) is 0 Å². The van der Waals surface area contributed by atoms with E-state index < -0.39 is 0 Å². The molecule has 0 aromatic rings. The molecule has 5 heteroatoms. The Morgan fingerprint density at radius 2 is 1.65 bits per heavy atom. The number of thioether (sulfide) groups is 1. The number of carbonyl (C=O) groups excluding carboxylic acids is 2. The molecule has 1 saturated carbocycles. The van der Waals surface area contributed by atoms with Crippen LogP contribution in [0.3, 0.4) is 0 Å². The molecular weight excluding hydrogens is 480 g/mol. The van der Waals surface area contributed by atoms with Crippen LogP contribution in [-0.4, -0.2) is 22.6 Å². The number of Topliss-reactive ketones (excluding diaryl/α,β-unsaturated/α-hetero) is 1. The zero-order chi connectivity index (χ0) is 26.9. The summed E-state index contributed by atoms with van der Waals surface area (Å²) >= 11 is 0.958. The number of rotatable bonds is 18. The number of ether oxygens (including phenoxy) is 1. The summed E-state index contributed by atoms with van der Waals surface area (Å²) in [6.07, 6.45) is 28.3. The minimum Gasteiger partial charge on any atom is -0.512 e. The van der Waals surface area contributed by atoms with Crippen LogP contribution in [0.2, 0.25) is 0 Å². The summed E-state index contributed by atoms with van der Waals surface area (Å²) in [6, 6.07) is 0. The van der Waals surface area contributed by atoms with E-state index in [1.165, 1.54) is 64.4 Å². The highest BCUT2D eigenvalue weighted by Gasteiger charge is 2.16. The number of carbonyl (C=O) groups is 2. The molecule has 2 rings (SSSR count). The molecule has 0 aliphatic heterocycles. The molecule has 2 aliphatic carbocycles. The molecule has 0 bridgehead atoms. The molecule has 0 atom stereocenters. The number of hydrogen-bond acceptors (Lipinski definition) is 5. The Kier molecular flexibility index (Phi) is 14.8. The lowest BCUT2D eigenvalue weighted by Gasteiger charge is -2.12. The normalized spacial score (nSPS) is 16.5. The average molecular weight is 525 g/mol. The van der Waals surface area contributed by atoms with Gasteiger partial charge in [0, 0.05) is 13.3 Å². The maximum absolute atomic E-state index is 11.9. The van der Waals surface area contributed by atoms with Crippen LogP contribution in [-0.2, 0) is 14.3 Å². The molecule has 202 valence electrons. The van der Waals surface area contributed by atoms with Crippen LogP contribution in [0.4, 0.5) is 0 Å². The average Bonchev–Trinajstić information content (AvgIpc) is 3.70. The van der Waals surface area contributed by atoms with Crippen molar-refractivity contribution in [2.75, 3.05) is 6.61 Å². The van der Waals surface area contributed by atoms with E-state index in [4.69, 9.17) is 4.74 Å². The largest absolute Gasteiger partial charge is 0.512 e. The fraction of sp³-hybridized carbons (Fsp3) is 0.500. The lowest BCUT2D eigenvalue weighted by atomic mass is 10.0. The molecule has 0 aromatic carbocycles. The SMILES string of the molecule is C=C/C=C(/C=C(\SC(C)=O)C(C)=O)\C=C1\C=CC(OCCCCCCCCCCCC(O)=C2CC2)=CC1. The van der Waals surface area contributed by atoms with Crippen molar-refractivity contribution in [1.82, 2.24) is 0 Å². The van der Waals surface area contributed by atoms with Gasteiger partial charge < -0.3 is 9.84 Å². The van der Waals surface area contributed by atoms with E-state index in [-0.39, 0.29) is 10.9 Å². The van der Waals surface area contributed by atoms with Gasteiger partial charge in [-0.2, -0.15) is 0 Å². The minimum atomic E-state index is -0.127. The van der Waals surface area contributed by atoms with E-state index in [0.717, 1.165) is 73.8 Å². The molecule has 0 heterocycles. The fourth-order valence-corrected chi connectivity index (χ4v) is 4.75. The maximum atomic E-state index is 11.9. The molecule has 0 unspecified atom stereocenters. The highest BCUT2D eigenvalue weighted by Crippen LogP contribution is 2.32. The number of aliphatic hydroxyl groups is 1. The summed E-state index contributed by atoms with van der Waals surface area (Å²) in [7, 11) is 0. The van der Waals surface area contributed by atoms with Gasteiger partial charge in [0.2, 0.25) is 0 Å². The minimum absolute atomic E-state index is 0.111. The lowest BCUT2D eigenvalue weighted by molar-refractivity contribution is -0.113. The summed E-state index contributed by atoms with van der Waals surface area (Å²) in [5, 5.41) is 9.66. The Balaban J connectivity index is 1.58. The molecule has 2 aliphatic rings. The van der Waals surface area contributed by atoms with Gasteiger partial charge in [-0.25, -0.2) is 0 Å². The van der Waals surface area contributed by atoms with Crippen molar-refractivity contribution in [3.8, 4) is 0 Å². The predicted octanol–water partition coefficient (Wildman–Crippen LogP) is 9.15. The molecule has 0 aromatic heterocycles. The molecule has 0 saturated heterocycles. The number of aliphatic hydroxyl groups excluding tert-OH is 1. The second-order valence-corrected chi connectivity index (χ2v) is 11.0. The predicted molar refractivity (Wildman–Crippen MR) is 156 cm³/mol. The van der Waals surface area contributed by atoms with E-state index in [9.17, 15) is 14.7 Å². The van der Waals surface area contributed by atoms with Gasteiger partial charge in [0.1, 0.15) is 5.76 Å². The third-order valence-corrected chi connectivity index (χ3v) is 7.21. The Labute approximate surface area is 228 Å². The van der Waals surface area contributed by atoms with Crippen molar-refractivity contribution in [1.29, 1.82) is 0 Å². The molecule has 4 nitrogen and oxygen atoms in total. The Hall–Kier alpha value is -2.53. The van der Waals surface area contributed by atoms with Gasteiger partial charge >= 0.3 is 0 Å². The maximum Gasteiger partial charge on any atom is 0.190 e. The number of allylic oxidation sites excluding steroid dienone is 12. The summed E-state index contributed by atoms with van der Waals surface area (Å²) in [5.74, 6) is 1.45. The van der Waals surface area contributed by atoms with Crippen molar-refractivity contribution in [2.45, 2.75) is 97.3 Å². The quantitative estimate of drug-likeness (QED) is 0.0838. The van der Waals surface area contributed by atoms with E-state index in [1.807, 2.05) is 24.3 Å². The van der Waals surface area contributed by atoms with Gasteiger partial charge in [0.15, 0.2) is 10.9 Å². The Bertz CT molecular complexity index is 969. The van der Waals surface area contributed by atoms with Gasteiger partial charge in [-0.3, -0.25) is 9.59 Å². The van der Waals surface area contributed by atoms with Crippen LogP contribution in [0.1, 0.15) is 97.3 Å². The van der Waals surface area contributed by atoms with Gasteiger partial charge in [0.25, 0.3) is 0 Å². The highest BCUT2D eigenvalue weighted by atomic mass is 32.2. The van der Waals surface area contributed by atoms with E-state index in [2.05, 4.69) is 12.7 Å². The van der Waals surface area contributed by atoms with Crippen LogP contribution in [0.25, 0.3) is 0 Å². The van der Waals surface area contributed by atoms with Gasteiger partial charge in [-0.1, -0.05) is 75.8 Å². The first-order valence-corrected chi connectivity index (χ1v) is 14.6. The number of ketones is 1. The third-order valence-electron chi connectivity index (χ3n) is 6.30. The van der Waals surface area contributed by atoms with Gasteiger partial charge in [-0.15, -0.1) is 0 Å². The molecular formula is C32H44O4S. The van der Waals surface area contributed by atoms with Crippen molar-refractivity contribution in [3.63, 3.8) is 0 Å². The number of hydrogen-bond donors (Lipinski definition) is 1. The zero-order valence-electron chi connectivity index (χ0n) is 22.7. The lowest BCUT2D eigenvalue weighted by Crippen LogP contribution is -1.98. The van der Waals surface area contributed by atoms with E-state index in [1.54, 1.807) is 12.2 Å². The summed E-state index contributed by atoms with van der Waals surface area (Å²) in [4.78, 5) is 23.8. The summed E-state index contributed by atoms with van der Waals surface area (Å²) < 4.78 is 5.93. The topological polar surface area (TPSA) is 63.6 Å². The summed E-state index contributed by atoms with van der Waals surface area (Å²) in [6.45, 7) is 7.42. The van der Waals surface area contributed by atoms with E-state index in [0.29, 0.717) is 10.7 Å². The first-order chi connectivity index (χ1) is 17.9. The summed E-state index contributed by atoms with van der Waals surface area (Å²) in [5.41, 5.74) is 3.22. The van der Waals surface area contributed by atoms with Crippen molar-refractivity contribution < 1.29 is 19.4 Å². The monoisotopic (exact) mass is 524 g/mol. The standard InChI is InChI=1S/C32H44O4S/c1-4-14-28(24-32(25(2)33)37-26(3)34)23-27-16-20-30(21-17-27)36-22-13-11-9-7-5-6-8-10-12-15-31(35)29-18-19-29/h4,14,16,20-21,23-24,35H,1,5-13,15,17-19,22H2,2-3H3/b27-23-,28-14+,32-24-. The molecule has 1 N–H and O–H groups in total. The molecule has 0 spiro atoms. The molecule has 0 amide bonds. The second-order valence-electron chi connectivity index (χ2n) is 9.75. The van der Waals surface area contributed by atoms with Crippen LogP contribution in [0.15, 0.2) is 82.3 Å². The van der Waals surface area contributed by atoms with Crippen LogP contribution in [0.5, 0.6) is 0 Å². The van der Waals surface area contributed by atoms with E-state index >= 15 is 0 Å². The van der Waals surface area contributed by atoms with Crippen molar-refractivity contribution >= 4 is 22.7 Å². The first-order valence-electron chi connectivity index (χ1n) is 13.7. The van der Waals surface area contributed by atoms with Crippen molar-refractivity contribution in [2.24, 2.45) is 0 Å². The van der Waals surface area contributed by atoms with Crippen LogP contribution >= 0.6 is 11.8 Å². The molecule has 0 radical (unpaired) electrons. The fourth-order valence-electron chi connectivity index (χ4n) is 4.10. The Morgan fingerprint density at radius 3 is 2.19 bits per heavy atom. The smallest absolute Gasteiger partial charge is 0.190 e. The molecule has 37 heavy (non-hydrogen) atoms. The van der Waals surface area contributed by atoms with Crippen molar-refractivity contribution in [3.05, 3.63) is 82.3 Å². The van der Waals surface area contributed by atoms with Gasteiger partial charge in [0.05, 0.1) is 17.3 Å². The Morgan fingerprint density at radius 1 is 1.00 bits per heavy atom. The number of unbranched alkanes of at least 4 members (excludes halogenated alkanes) is 8. The van der Waals surface area contributed by atoms with Crippen LogP contribution < -0.4 is 0 Å². The second kappa shape index (κ2) is 17.8. The first kappa shape index (κ1) is 30.7. The highest BCUT2D eigenvalue weighted by molar-refractivity contribution is 8.17. The molecule has 1 fully saturated rings. The zero-order valence-corrected chi connectivity index (χ0v) is 23.5.